The summed E-state index contributed by atoms with van der Waals surface area (Å²) in [6, 6.07) is 9.38. The number of aromatic nitrogens is 2. The molecule has 1 amide bonds. The van der Waals surface area contributed by atoms with Gasteiger partial charge in [-0.15, -0.1) is 0 Å². The van der Waals surface area contributed by atoms with Crippen LogP contribution in [-0.2, 0) is 16.1 Å². The monoisotopic (exact) mass is 345 g/mol. The van der Waals surface area contributed by atoms with Crippen molar-refractivity contribution in [1.29, 1.82) is 0 Å². The molecule has 1 aliphatic heterocycles. The van der Waals surface area contributed by atoms with E-state index in [-0.39, 0.29) is 32.2 Å². The molecule has 3 rings (SSSR count). The Morgan fingerprint density at radius 2 is 2.20 bits per heavy atom. The minimum atomic E-state index is -1.25. The summed E-state index contributed by atoms with van der Waals surface area (Å²) in [7, 11) is 0. The molecule has 1 aromatic carbocycles. The number of benzene rings is 1. The van der Waals surface area contributed by atoms with E-state index in [1.807, 2.05) is 31.2 Å². The van der Waals surface area contributed by atoms with Gasteiger partial charge in [0, 0.05) is 18.9 Å². The molecule has 0 aliphatic carbocycles. The highest BCUT2D eigenvalue weighted by molar-refractivity contribution is 5.76. The summed E-state index contributed by atoms with van der Waals surface area (Å²) in [4.78, 5) is 14.1. The molecule has 0 bridgehead atoms. The molecule has 7 nitrogen and oxygen atoms in total. The third kappa shape index (κ3) is 4.80. The zero-order chi connectivity index (χ0) is 17.7. The van der Waals surface area contributed by atoms with Crippen LogP contribution in [0.3, 0.4) is 0 Å². The number of hydrogen-bond acceptors (Lipinski definition) is 5. The van der Waals surface area contributed by atoms with Gasteiger partial charge in [0.05, 0.1) is 19.8 Å². The minimum absolute atomic E-state index is 0.0572. The Bertz CT molecular complexity index is 687. The van der Waals surface area contributed by atoms with Crippen molar-refractivity contribution in [3.05, 3.63) is 48.3 Å². The highest BCUT2D eigenvalue weighted by atomic mass is 16.5. The lowest BCUT2D eigenvalue weighted by atomic mass is 10.1. The molecule has 1 N–H and O–H groups in total. The summed E-state index contributed by atoms with van der Waals surface area (Å²) >= 11 is 0. The van der Waals surface area contributed by atoms with Crippen LogP contribution in [0.4, 0.5) is 0 Å². The summed E-state index contributed by atoms with van der Waals surface area (Å²) in [5.74, 6) is 0.570. The number of rotatable bonds is 5. The van der Waals surface area contributed by atoms with E-state index in [4.69, 9.17) is 9.47 Å². The lowest BCUT2D eigenvalue weighted by Crippen LogP contribution is -2.50. The molecular weight excluding hydrogens is 322 g/mol. The molecular formula is C18H23N3O4. The van der Waals surface area contributed by atoms with E-state index < -0.39 is 5.60 Å². The van der Waals surface area contributed by atoms with Gasteiger partial charge in [-0.1, -0.05) is 17.7 Å². The predicted molar refractivity (Wildman–Crippen MR) is 91.2 cm³/mol. The first-order chi connectivity index (χ1) is 12.0. The van der Waals surface area contributed by atoms with Gasteiger partial charge in [0.1, 0.15) is 24.5 Å². The maximum absolute atomic E-state index is 12.5. The Kier molecular flexibility index (Phi) is 5.35. The van der Waals surface area contributed by atoms with Crippen LogP contribution in [0.1, 0.15) is 5.56 Å². The molecule has 134 valence electrons. The first kappa shape index (κ1) is 17.4. The van der Waals surface area contributed by atoms with Crippen LogP contribution < -0.4 is 4.74 Å². The van der Waals surface area contributed by atoms with E-state index in [9.17, 15) is 9.90 Å². The fraction of sp³-hybridized carbons (Fsp3) is 0.444. The molecule has 0 saturated carbocycles. The second kappa shape index (κ2) is 7.67. The molecule has 0 radical (unpaired) electrons. The topological polar surface area (TPSA) is 76.8 Å². The van der Waals surface area contributed by atoms with Crippen LogP contribution in [0.5, 0.6) is 5.75 Å². The van der Waals surface area contributed by atoms with Gasteiger partial charge in [-0.05, 0) is 25.1 Å². The second-order valence-electron chi connectivity index (χ2n) is 6.40. The third-order valence-corrected chi connectivity index (χ3v) is 4.10. The first-order valence-electron chi connectivity index (χ1n) is 8.29. The maximum atomic E-state index is 12.5. The fourth-order valence-corrected chi connectivity index (χ4v) is 2.70. The number of aryl methyl sites for hydroxylation is 1. The standard InChI is InChI=1S/C18H23N3O4/c1-15-3-5-16(6-4-15)25-14-18(23)12-20(9-10-24-13-18)17(22)11-21-8-2-7-19-21/h2-8,23H,9-14H2,1H3/t18-/m0/s1. The number of amides is 1. The Balaban J connectivity index is 1.61. The summed E-state index contributed by atoms with van der Waals surface area (Å²) < 4.78 is 12.8. The van der Waals surface area contributed by atoms with Crippen molar-refractivity contribution in [1.82, 2.24) is 14.7 Å². The van der Waals surface area contributed by atoms with Crippen LogP contribution in [0, 0.1) is 6.92 Å². The van der Waals surface area contributed by atoms with E-state index in [1.165, 1.54) is 0 Å². The molecule has 0 spiro atoms. The zero-order valence-corrected chi connectivity index (χ0v) is 14.3. The molecule has 2 aromatic rings. The Labute approximate surface area is 146 Å². The van der Waals surface area contributed by atoms with E-state index in [2.05, 4.69) is 5.10 Å². The lowest BCUT2D eigenvalue weighted by Gasteiger charge is -2.30. The predicted octanol–water partition coefficient (Wildman–Crippen LogP) is 0.860. The molecule has 0 unspecified atom stereocenters. The number of nitrogens with zero attached hydrogens (tertiary/aromatic N) is 3. The summed E-state index contributed by atoms with van der Waals surface area (Å²) in [5.41, 5.74) is -0.111. The van der Waals surface area contributed by atoms with E-state index in [0.29, 0.717) is 18.9 Å². The van der Waals surface area contributed by atoms with Crippen LogP contribution in [0.2, 0.25) is 0 Å². The Morgan fingerprint density at radius 3 is 2.92 bits per heavy atom. The smallest absolute Gasteiger partial charge is 0.244 e. The normalized spacial score (nSPS) is 21.0. The van der Waals surface area contributed by atoms with Crippen molar-refractivity contribution in [2.75, 3.05) is 32.9 Å². The largest absolute Gasteiger partial charge is 0.490 e. The Hall–Kier alpha value is -2.38. The average molecular weight is 345 g/mol. The lowest BCUT2D eigenvalue weighted by molar-refractivity contribution is -0.135. The molecule has 1 saturated heterocycles. The van der Waals surface area contributed by atoms with Gasteiger partial charge in [-0.3, -0.25) is 9.48 Å². The number of hydrogen-bond donors (Lipinski definition) is 1. The zero-order valence-electron chi connectivity index (χ0n) is 14.3. The third-order valence-electron chi connectivity index (χ3n) is 4.10. The summed E-state index contributed by atoms with van der Waals surface area (Å²) in [6.45, 7) is 3.32. The van der Waals surface area contributed by atoms with Crippen molar-refractivity contribution in [2.24, 2.45) is 0 Å². The summed E-state index contributed by atoms with van der Waals surface area (Å²) in [5, 5.41) is 14.9. The van der Waals surface area contributed by atoms with Crippen molar-refractivity contribution in [2.45, 2.75) is 19.1 Å². The highest BCUT2D eigenvalue weighted by Crippen LogP contribution is 2.17. The van der Waals surface area contributed by atoms with Crippen LogP contribution in [0.25, 0.3) is 0 Å². The van der Waals surface area contributed by atoms with E-state index in [1.54, 1.807) is 28.0 Å². The molecule has 2 heterocycles. The minimum Gasteiger partial charge on any atom is -0.490 e. The number of carbonyl (C=O) groups is 1. The number of aliphatic hydroxyl groups is 1. The second-order valence-corrected chi connectivity index (χ2v) is 6.40. The van der Waals surface area contributed by atoms with Crippen molar-refractivity contribution < 1.29 is 19.4 Å². The molecule has 1 atom stereocenters. The van der Waals surface area contributed by atoms with E-state index >= 15 is 0 Å². The van der Waals surface area contributed by atoms with Gasteiger partial charge >= 0.3 is 0 Å². The van der Waals surface area contributed by atoms with Crippen molar-refractivity contribution >= 4 is 5.91 Å². The van der Waals surface area contributed by atoms with Crippen LogP contribution >= 0.6 is 0 Å². The first-order valence-corrected chi connectivity index (χ1v) is 8.29. The van der Waals surface area contributed by atoms with Crippen molar-refractivity contribution in [3.63, 3.8) is 0 Å². The van der Waals surface area contributed by atoms with Crippen LogP contribution in [-0.4, -0.2) is 64.2 Å². The van der Waals surface area contributed by atoms with Gasteiger partial charge < -0.3 is 19.5 Å². The molecule has 1 aromatic heterocycles. The number of carbonyl (C=O) groups excluding carboxylic acids is 1. The molecule has 7 heteroatoms. The maximum Gasteiger partial charge on any atom is 0.244 e. The summed E-state index contributed by atoms with van der Waals surface area (Å²) in [6.07, 6.45) is 3.36. The highest BCUT2D eigenvalue weighted by Gasteiger charge is 2.35. The van der Waals surface area contributed by atoms with Gasteiger partial charge in [-0.25, -0.2) is 0 Å². The number of β-amino-alcohol motifs (C(OH)–C–C–N with tert-alkyl or cyclic N) is 1. The van der Waals surface area contributed by atoms with Crippen molar-refractivity contribution in [3.8, 4) is 5.75 Å². The Morgan fingerprint density at radius 1 is 1.40 bits per heavy atom. The molecule has 1 fully saturated rings. The molecule has 25 heavy (non-hydrogen) atoms. The fourth-order valence-electron chi connectivity index (χ4n) is 2.70. The SMILES string of the molecule is Cc1ccc(OC[C@@]2(O)COCCN(C(=O)Cn3cccn3)C2)cc1. The van der Waals surface area contributed by atoms with Gasteiger partial charge in [0.25, 0.3) is 0 Å². The quantitative estimate of drug-likeness (QED) is 0.870. The van der Waals surface area contributed by atoms with Crippen LogP contribution in [0.15, 0.2) is 42.7 Å². The van der Waals surface area contributed by atoms with E-state index in [0.717, 1.165) is 5.56 Å². The number of ether oxygens (including phenoxy) is 2. The van der Waals surface area contributed by atoms with Gasteiger partial charge in [0.2, 0.25) is 5.91 Å². The van der Waals surface area contributed by atoms with Gasteiger partial charge in [0.15, 0.2) is 0 Å². The van der Waals surface area contributed by atoms with Gasteiger partial charge in [-0.2, -0.15) is 5.10 Å². The average Bonchev–Trinajstić information content (AvgIpc) is 3.02. The molecule has 1 aliphatic rings.